The molecule has 0 radical (unpaired) electrons. The topological polar surface area (TPSA) is 104 Å². The molecular weight excluding hydrogens is 398 g/mol. The van der Waals surface area contributed by atoms with Crippen molar-refractivity contribution in [2.75, 3.05) is 13.1 Å². The number of hydrogen-bond acceptors (Lipinski definition) is 5. The number of amides is 5. The molecule has 0 aromatic heterocycles. The fraction of sp³-hybridized carbons (Fsp3) is 0.261. The lowest BCUT2D eigenvalue weighted by Crippen LogP contribution is -2.33. The lowest BCUT2D eigenvalue weighted by atomic mass is 10.1. The highest BCUT2D eigenvalue weighted by Gasteiger charge is 2.35. The molecule has 0 atom stereocenters. The van der Waals surface area contributed by atoms with Crippen LogP contribution in [0.15, 0.2) is 48.5 Å². The maximum Gasteiger partial charge on any atom is 0.261 e. The van der Waals surface area contributed by atoms with Crippen LogP contribution in [0.4, 0.5) is 0 Å². The second-order valence-electron chi connectivity index (χ2n) is 7.49. The third kappa shape index (κ3) is 4.09. The molecule has 8 heteroatoms. The molecule has 0 saturated carbocycles. The van der Waals surface area contributed by atoms with Crippen molar-refractivity contribution in [3.63, 3.8) is 0 Å². The van der Waals surface area contributed by atoms with E-state index in [1.165, 1.54) is 9.80 Å². The van der Waals surface area contributed by atoms with Gasteiger partial charge in [-0.25, -0.2) is 0 Å². The quantitative estimate of drug-likeness (QED) is 0.544. The summed E-state index contributed by atoms with van der Waals surface area (Å²) in [7, 11) is 0. The molecule has 4 rings (SSSR count). The van der Waals surface area contributed by atoms with Crippen LogP contribution in [-0.4, -0.2) is 52.4 Å². The standard InChI is InChI=1S/C23H21N3O5/c27-19-9-10-20(28)25(19)12-4-11-24-21(29)16-6-3-5-15(13-16)14-26-22(30)17-7-1-2-8-18(17)23(26)31/h1-3,5-8,13H,4,9-12,14H2,(H,24,29). The Kier molecular flexibility index (Phi) is 5.62. The Labute approximate surface area is 178 Å². The van der Waals surface area contributed by atoms with Crippen molar-refractivity contribution in [3.05, 3.63) is 70.8 Å². The van der Waals surface area contributed by atoms with Gasteiger partial charge in [0.15, 0.2) is 0 Å². The van der Waals surface area contributed by atoms with Gasteiger partial charge in [0.05, 0.1) is 17.7 Å². The van der Waals surface area contributed by atoms with Crippen molar-refractivity contribution < 1.29 is 24.0 Å². The van der Waals surface area contributed by atoms with E-state index < -0.39 is 0 Å². The maximum atomic E-state index is 12.5. The van der Waals surface area contributed by atoms with Crippen LogP contribution in [-0.2, 0) is 16.1 Å². The lowest BCUT2D eigenvalue weighted by Gasteiger charge is -2.15. The second kappa shape index (κ2) is 8.51. The summed E-state index contributed by atoms with van der Waals surface area (Å²) in [6.07, 6.45) is 0.980. The van der Waals surface area contributed by atoms with E-state index >= 15 is 0 Å². The number of likely N-dealkylation sites (tertiary alicyclic amines) is 1. The number of hydrogen-bond donors (Lipinski definition) is 1. The number of carbonyl (C=O) groups is 5. The summed E-state index contributed by atoms with van der Waals surface area (Å²) in [6, 6.07) is 13.4. The molecule has 1 saturated heterocycles. The molecule has 2 aromatic rings. The molecule has 0 spiro atoms. The fourth-order valence-electron chi connectivity index (χ4n) is 3.79. The Bertz CT molecular complexity index is 1040. The Hall–Kier alpha value is -3.81. The summed E-state index contributed by atoms with van der Waals surface area (Å²) in [6.45, 7) is 0.683. The van der Waals surface area contributed by atoms with E-state index in [1.807, 2.05) is 0 Å². The molecule has 1 N–H and O–H groups in total. The number of imide groups is 2. The van der Waals surface area contributed by atoms with Gasteiger partial charge in [-0.1, -0.05) is 24.3 Å². The summed E-state index contributed by atoms with van der Waals surface area (Å²) >= 11 is 0. The van der Waals surface area contributed by atoms with Crippen molar-refractivity contribution in [3.8, 4) is 0 Å². The van der Waals surface area contributed by atoms with Crippen LogP contribution < -0.4 is 5.32 Å². The third-order valence-corrected chi connectivity index (χ3v) is 5.41. The van der Waals surface area contributed by atoms with Crippen LogP contribution in [0.25, 0.3) is 0 Å². The third-order valence-electron chi connectivity index (χ3n) is 5.41. The van der Waals surface area contributed by atoms with Gasteiger partial charge in [0.1, 0.15) is 0 Å². The zero-order valence-corrected chi connectivity index (χ0v) is 16.8. The first kappa shape index (κ1) is 20.5. The van der Waals surface area contributed by atoms with Crippen LogP contribution >= 0.6 is 0 Å². The average molecular weight is 419 g/mol. The van der Waals surface area contributed by atoms with Gasteiger partial charge in [-0.05, 0) is 36.2 Å². The molecule has 8 nitrogen and oxygen atoms in total. The summed E-state index contributed by atoms with van der Waals surface area (Å²) in [5, 5.41) is 2.77. The van der Waals surface area contributed by atoms with Crippen LogP contribution in [0.3, 0.4) is 0 Å². The van der Waals surface area contributed by atoms with Crippen LogP contribution in [0.5, 0.6) is 0 Å². The lowest BCUT2D eigenvalue weighted by molar-refractivity contribution is -0.138. The molecular formula is C23H21N3O5. The summed E-state index contributed by atoms with van der Waals surface area (Å²) in [4.78, 5) is 63.1. The molecule has 31 heavy (non-hydrogen) atoms. The summed E-state index contributed by atoms with van der Waals surface area (Å²) in [5.41, 5.74) is 1.84. The van der Waals surface area contributed by atoms with Crippen LogP contribution in [0.1, 0.15) is 55.9 Å². The SMILES string of the molecule is O=C(NCCCN1C(=O)CCC1=O)c1cccc(CN2C(=O)c3ccccc3C2=O)c1. The predicted molar refractivity (Wildman–Crippen MR) is 110 cm³/mol. The van der Waals surface area contributed by atoms with Crippen molar-refractivity contribution in [1.29, 1.82) is 0 Å². The van der Waals surface area contributed by atoms with Crippen molar-refractivity contribution in [2.24, 2.45) is 0 Å². The van der Waals surface area contributed by atoms with E-state index in [1.54, 1.807) is 48.5 Å². The van der Waals surface area contributed by atoms with Gasteiger partial charge in [0.25, 0.3) is 17.7 Å². The highest BCUT2D eigenvalue weighted by molar-refractivity contribution is 6.21. The van der Waals surface area contributed by atoms with Crippen molar-refractivity contribution in [2.45, 2.75) is 25.8 Å². The Morgan fingerprint density at radius 2 is 1.48 bits per heavy atom. The summed E-state index contributed by atoms with van der Waals surface area (Å²) < 4.78 is 0. The van der Waals surface area contributed by atoms with Gasteiger partial charge in [0, 0.05) is 31.5 Å². The molecule has 2 heterocycles. The number of nitrogens with one attached hydrogen (secondary N) is 1. The molecule has 2 aliphatic heterocycles. The minimum absolute atomic E-state index is 0.0760. The molecule has 158 valence electrons. The Morgan fingerprint density at radius 3 is 2.13 bits per heavy atom. The first-order chi connectivity index (χ1) is 15.0. The number of benzene rings is 2. The van der Waals surface area contributed by atoms with E-state index in [2.05, 4.69) is 5.32 Å². The van der Waals surface area contributed by atoms with E-state index in [0.29, 0.717) is 35.2 Å². The Balaban J connectivity index is 1.34. The molecule has 5 amide bonds. The van der Waals surface area contributed by atoms with Crippen LogP contribution in [0, 0.1) is 0 Å². The van der Waals surface area contributed by atoms with Crippen molar-refractivity contribution in [1.82, 2.24) is 15.1 Å². The highest BCUT2D eigenvalue weighted by atomic mass is 16.2. The number of rotatable bonds is 7. The van der Waals surface area contributed by atoms with Gasteiger partial charge >= 0.3 is 0 Å². The molecule has 2 aliphatic rings. The zero-order valence-electron chi connectivity index (χ0n) is 16.8. The van der Waals surface area contributed by atoms with Gasteiger partial charge in [-0.15, -0.1) is 0 Å². The minimum Gasteiger partial charge on any atom is -0.352 e. The normalized spacial score (nSPS) is 15.6. The van der Waals surface area contributed by atoms with Gasteiger partial charge in [-0.3, -0.25) is 33.8 Å². The second-order valence-corrected chi connectivity index (χ2v) is 7.49. The van der Waals surface area contributed by atoms with Crippen molar-refractivity contribution >= 4 is 29.5 Å². The predicted octanol–water partition coefficient (Wildman–Crippen LogP) is 1.75. The monoisotopic (exact) mass is 419 g/mol. The van der Waals surface area contributed by atoms with E-state index in [0.717, 1.165) is 0 Å². The number of nitrogens with zero attached hydrogens (tertiary/aromatic N) is 2. The number of carbonyl (C=O) groups excluding carboxylic acids is 5. The van der Waals surface area contributed by atoms with Crippen LogP contribution in [0.2, 0.25) is 0 Å². The first-order valence-corrected chi connectivity index (χ1v) is 10.1. The molecule has 0 bridgehead atoms. The summed E-state index contributed by atoms with van der Waals surface area (Å²) in [5.74, 6) is -1.33. The molecule has 1 fully saturated rings. The zero-order chi connectivity index (χ0) is 22.0. The molecule has 2 aromatic carbocycles. The molecule has 0 aliphatic carbocycles. The Morgan fingerprint density at radius 1 is 0.839 bits per heavy atom. The van der Waals surface area contributed by atoms with Gasteiger partial charge < -0.3 is 5.32 Å². The average Bonchev–Trinajstić information content (AvgIpc) is 3.22. The van der Waals surface area contributed by atoms with E-state index in [-0.39, 0.29) is 55.5 Å². The van der Waals surface area contributed by atoms with E-state index in [9.17, 15) is 24.0 Å². The highest BCUT2D eigenvalue weighted by Crippen LogP contribution is 2.24. The number of fused-ring (bicyclic) bond motifs is 1. The van der Waals surface area contributed by atoms with Gasteiger partial charge in [0.2, 0.25) is 11.8 Å². The largest absolute Gasteiger partial charge is 0.352 e. The van der Waals surface area contributed by atoms with E-state index in [4.69, 9.17) is 0 Å². The first-order valence-electron chi connectivity index (χ1n) is 10.1. The van der Waals surface area contributed by atoms with Gasteiger partial charge in [-0.2, -0.15) is 0 Å². The minimum atomic E-state index is -0.346. The molecule has 0 unspecified atom stereocenters. The fourth-order valence-corrected chi connectivity index (χ4v) is 3.79. The smallest absolute Gasteiger partial charge is 0.261 e. The maximum absolute atomic E-state index is 12.5.